The maximum absolute atomic E-state index is 4.89. The third kappa shape index (κ3) is 3.19. The normalized spacial score (nSPS) is 15.6. The Bertz CT molecular complexity index is 1820. The average Bonchev–Trinajstić information content (AvgIpc) is 3.75. The van der Waals surface area contributed by atoms with Gasteiger partial charge in [-0.05, 0) is 54.6 Å². The van der Waals surface area contributed by atoms with Gasteiger partial charge >= 0.3 is 21.4 Å². The molecule has 0 atom stereocenters. The first-order valence-corrected chi connectivity index (χ1v) is 14.3. The van der Waals surface area contributed by atoms with Crippen LogP contribution in [0.1, 0.15) is 0 Å². The van der Waals surface area contributed by atoms with E-state index < -0.39 is 21.4 Å². The molecule has 0 amide bonds. The molecule has 1 fully saturated rings. The summed E-state index contributed by atoms with van der Waals surface area (Å²) in [6, 6.07) is 17.4. The largest absolute Gasteiger partial charge is 0.493 e. The number of rotatable bonds is 3. The van der Waals surface area contributed by atoms with E-state index in [1.807, 2.05) is 18.2 Å². The van der Waals surface area contributed by atoms with Crippen LogP contribution in [0.4, 0.5) is 52.4 Å². The Balaban J connectivity index is 1.30. The summed E-state index contributed by atoms with van der Waals surface area (Å²) in [7, 11) is -1.50. The van der Waals surface area contributed by atoms with Crippen molar-refractivity contribution in [1.82, 2.24) is 44.9 Å². The van der Waals surface area contributed by atoms with Crippen molar-refractivity contribution in [3.63, 3.8) is 0 Å². The molecule has 4 aliphatic rings. The molecule has 0 N–H and O–H groups in total. The van der Waals surface area contributed by atoms with Crippen molar-refractivity contribution in [2.75, 3.05) is 28.6 Å². The third-order valence-corrected chi connectivity index (χ3v) is 8.31. The van der Waals surface area contributed by atoms with Crippen molar-refractivity contribution < 1.29 is 0 Å². The first-order valence-electron chi connectivity index (χ1n) is 14.3. The van der Waals surface area contributed by atoms with Gasteiger partial charge in [-0.1, -0.05) is 0 Å². The third-order valence-electron chi connectivity index (χ3n) is 8.31. The van der Waals surface area contributed by atoms with Gasteiger partial charge in [0, 0.05) is 55.8 Å². The fourth-order valence-electron chi connectivity index (χ4n) is 6.75. The lowest BCUT2D eigenvalue weighted by molar-refractivity contribution is 1.08. The maximum atomic E-state index is 4.89. The highest BCUT2D eigenvalue weighted by Crippen LogP contribution is 2.55. The summed E-state index contributed by atoms with van der Waals surface area (Å²) in [6.07, 6.45) is 15.8. The molecule has 0 spiro atoms. The Labute approximate surface area is 257 Å². The molecule has 0 radical (unpaired) electrons. The van der Waals surface area contributed by atoms with Gasteiger partial charge in [0.25, 0.3) is 0 Å². The van der Waals surface area contributed by atoms with Gasteiger partial charge in [0.05, 0.1) is 17.1 Å². The van der Waals surface area contributed by atoms with Gasteiger partial charge in [-0.3, -0.25) is 14.4 Å². The molecule has 210 valence electrons. The molecule has 0 bridgehead atoms. The standard InChI is InChI=1S/C27H18B3N15/c1-7-19-22(31-10-1)40(25-34-13-4-14-35-25)28-43(19)29-41(26-36-15-5-16-37-26)23-20(8-2-11-32-23)45(29)30-42(27-38-17-6-18-39-27)24-21(44(28)30)9-3-12-33-24/h1-18H. The first kappa shape index (κ1) is 24.2. The van der Waals surface area contributed by atoms with Crippen molar-refractivity contribution in [1.29, 1.82) is 0 Å². The summed E-state index contributed by atoms with van der Waals surface area (Å²) >= 11 is 0. The van der Waals surface area contributed by atoms with E-state index in [0.29, 0.717) is 35.3 Å². The van der Waals surface area contributed by atoms with Crippen molar-refractivity contribution in [3.8, 4) is 0 Å². The van der Waals surface area contributed by atoms with E-state index in [1.54, 1.807) is 74.0 Å². The van der Waals surface area contributed by atoms with E-state index in [2.05, 4.69) is 46.8 Å². The van der Waals surface area contributed by atoms with Crippen LogP contribution in [0.5, 0.6) is 0 Å². The minimum Gasteiger partial charge on any atom is -0.380 e. The van der Waals surface area contributed by atoms with E-state index in [4.69, 9.17) is 44.9 Å². The zero-order valence-electron chi connectivity index (χ0n) is 23.3. The number of nitrogens with zero attached hydrogens (tertiary/aromatic N) is 15. The monoisotopic (exact) mass is 585 g/mol. The summed E-state index contributed by atoms with van der Waals surface area (Å²) in [6.45, 7) is 0. The Morgan fingerprint density at radius 3 is 0.889 bits per heavy atom. The Kier molecular flexibility index (Phi) is 4.88. The summed E-state index contributed by atoms with van der Waals surface area (Å²) in [4.78, 5) is 49.1. The van der Waals surface area contributed by atoms with Crippen LogP contribution in [0.2, 0.25) is 0 Å². The van der Waals surface area contributed by atoms with E-state index in [-0.39, 0.29) is 0 Å². The van der Waals surface area contributed by atoms with Gasteiger partial charge in [0.15, 0.2) is 0 Å². The van der Waals surface area contributed by atoms with E-state index in [1.165, 1.54) is 0 Å². The van der Waals surface area contributed by atoms with E-state index >= 15 is 0 Å². The minimum atomic E-state index is -0.499. The second-order valence-corrected chi connectivity index (χ2v) is 10.6. The second kappa shape index (κ2) is 9.09. The molecule has 0 saturated carbocycles. The molecular formula is C27H18B3N15. The first-order chi connectivity index (χ1) is 22.4. The van der Waals surface area contributed by atoms with Gasteiger partial charge in [-0.15, -0.1) is 0 Å². The Hall–Kier alpha value is -6.32. The molecule has 10 heterocycles. The number of pyridine rings is 3. The van der Waals surface area contributed by atoms with Crippen molar-refractivity contribution in [3.05, 3.63) is 110 Å². The summed E-state index contributed by atoms with van der Waals surface area (Å²) in [5.41, 5.74) is 2.66. The number of fused-ring (bicyclic) bond motifs is 12. The fourth-order valence-corrected chi connectivity index (χ4v) is 6.75. The molecule has 4 aliphatic heterocycles. The predicted molar refractivity (Wildman–Crippen MR) is 170 cm³/mol. The van der Waals surface area contributed by atoms with Crippen LogP contribution in [0.25, 0.3) is 0 Å². The smallest absolute Gasteiger partial charge is 0.380 e. The molecule has 1 saturated heterocycles. The van der Waals surface area contributed by atoms with Gasteiger partial charge < -0.3 is 14.2 Å². The minimum absolute atomic E-state index is 0.499. The van der Waals surface area contributed by atoms with Gasteiger partial charge in [-0.25, -0.2) is 44.9 Å². The number of hydrogen-bond acceptors (Lipinski definition) is 15. The lowest BCUT2D eigenvalue weighted by atomic mass is 9.56. The van der Waals surface area contributed by atoms with Crippen LogP contribution in [-0.4, -0.2) is 66.2 Å². The predicted octanol–water partition coefficient (Wildman–Crippen LogP) is 2.48. The van der Waals surface area contributed by atoms with E-state index in [9.17, 15) is 0 Å². The van der Waals surface area contributed by atoms with Crippen LogP contribution >= 0.6 is 0 Å². The summed E-state index contributed by atoms with van der Waals surface area (Å²) in [5, 5.41) is 0. The molecule has 10 rings (SSSR count). The van der Waals surface area contributed by atoms with Crippen LogP contribution in [-0.2, 0) is 0 Å². The van der Waals surface area contributed by atoms with Crippen LogP contribution in [0, 0.1) is 0 Å². The van der Waals surface area contributed by atoms with Crippen molar-refractivity contribution in [2.24, 2.45) is 0 Å². The molecule has 45 heavy (non-hydrogen) atoms. The summed E-state index contributed by atoms with van der Waals surface area (Å²) in [5.74, 6) is 3.67. The molecule has 18 heteroatoms. The summed E-state index contributed by atoms with van der Waals surface area (Å²) < 4.78 is 6.87. The van der Waals surface area contributed by atoms with Crippen molar-refractivity contribution >= 4 is 73.7 Å². The zero-order valence-corrected chi connectivity index (χ0v) is 23.3. The Morgan fingerprint density at radius 1 is 0.333 bits per heavy atom. The molecule has 6 aromatic heterocycles. The van der Waals surface area contributed by atoms with Crippen LogP contribution in [0.15, 0.2) is 110 Å². The lowest BCUT2D eigenvalue weighted by Gasteiger charge is -2.50. The number of aromatic nitrogens is 9. The molecule has 15 nitrogen and oxygen atoms in total. The van der Waals surface area contributed by atoms with E-state index in [0.717, 1.165) is 17.1 Å². The molecular weight excluding hydrogens is 567 g/mol. The lowest BCUT2D eigenvalue weighted by Crippen LogP contribution is -2.84. The highest BCUT2D eigenvalue weighted by molar-refractivity contribution is 7.11. The van der Waals surface area contributed by atoms with Crippen LogP contribution in [0.3, 0.4) is 0 Å². The maximum Gasteiger partial charge on any atom is 0.493 e. The molecule has 0 aliphatic carbocycles. The highest BCUT2D eigenvalue weighted by Gasteiger charge is 2.71. The topological polar surface area (TPSA) is 135 Å². The van der Waals surface area contributed by atoms with Crippen molar-refractivity contribution in [2.45, 2.75) is 0 Å². The number of hydrogen-bond donors (Lipinski definition) is 0. The van der Waals surface area contributed by atoms with Gasteiger partial charge in [-0.2, -0.15) is 0 Å². The quantitative estimate of drug-likeness (QED) is 0.281. The van der Waals surface area contributed by atoms with Gasteiger partial charge in [0.1, 0.15) is 17.5 Å². The number of anilines is 9. The molecule has 6 aromatic rings. The highest BCUT2D eigenvalue weighted by atomic mass is 15.6. The zero-order chi connectivity index (χ0) is 29.5. The van der Waals surface area contributed by atoms with Crippen LogP contribution < -0.4 is 28.6 Å². The fraction of sp³-hybridized carbons (Fsp3) is 0. The SMILES string of the molecule is c1cnc(N2B3N(B4N(B5N3c3cccnc3N5c3ncccn3)c3cccnc3N4c3ncccn3)c3cccnc32)nc1. The second-order valence-electron chi connectivity index (χ2n) is 10.6. The molecule has 0 aromatic carbocycles. The average molecular weight is 585 g/mol. The molecule has 0 unspecified atom stereocenters. The van der Waals surface area contributed by atoms with Gasteiger partial charge in [0.2, 0.25) is 17.8 Å². The Morgan fingerprint density at radius 2 is 0.600 bits per heavy atom.